The molecule has 4 nitrogen and oxygen atoms in total. The summed E-state index contributed by atoms with van der Waals surface area (Å²) in [6, 6.07) is 5.29. The van der Waals surface area contributed by atoms with Gasteiger partial charge in [-0.15, -0.1) is 0 Å². The standard InChI is InChI=1S/C15H23N3O/c1-2-10-4-3-5-14(6-10)18-15(19)11-7-12(16)9-13(17)8-11/h7-10,14H,2-6,16-17H2,1H3,(H,18,19). The van der Waals surface area contributed by atoms with Crippen LogP contribution in [-0.2, 0) is 0 Å². The molecule has 0 aliphatic heterocycles. The van der Waals surface area contributed by atoms with E-state index >= 15 is 0 Å². The first kappa shape index (κ1) is 13.7. The molecule has 0 saturated heterocycles. The van der Waals surface area contributed by atoms with Crippen LogP contribution in [0.25, 0.3) is 0 Å². The predicted molar refractivity (Wildman–Crippen MR) is 78.8 cm³/mol. The minimum absolute atomic E-state index is 0.0687. The van der Waals surface area contributed by atoms with Crippen LogP contribution < -0.4 is 16.8 Å². The SMILES string of the molecule is CCC1CCCC(NC(=O)c2cc(N)cc(N)c2)C1. The number of nitrogen functional groups attached to an aromatic ring is 2. The van der Waals surface area contributed by atoms with Crippen LogP contribution in [0.4, 0.5) is 11.4 Å². The number of amides is 1. The Morgan fingerprint density at radius 2 is 1.95 bits per heavy atom. The topological polar surface area (TPSA) is 81.1 Å². The summed E-state index contributed by atoms with van der Waals surface area (Å²) in [7, 11) is 0. The van der Waals surface area contributed by atoms with Crippen LogP contribution in [0.15, 0.2) is 18.2 Å². The number of carbonyl (C=O) groups is 1. The van der Waals surface area contributed by atoms with E-state index in [0.29, 0.717) is 16.9 Å². The monoisotopic (exact) mass is 261 g/mol. The van der Waals surface area contributed by atoms with Crippen molar-refractivity contribution in [1.82, 2.24) is 5.32 Å². The maximum atomic E-state index is 12.2. The Balaban J connectivity index is 2.00. The number of carbonyl (C=O) groups excluding carboxylic acids is 1. The van der Waals surface area contributed by atoms with Crippen molar-refractivity contribution in [2.24, 2.45) is 5.92 Å². The third kappa shape index (κ3) is 3.63. The Morgan fingerprint density at radius 3 is 2.58 bits per heavy atom. The first-order chi connectivity index (χ1) is 9.08. The van der Waals surface area contributed by atoms with Gasteiger partial charge in [0.05, 0.1) is 0 Å². The number of hydrogen-bond donors (Lipinski definition) is 3. The second-order valence-corrected chi connectivity index (χ2v) is 5.50. The highest BCUT2D eigenvalue weighted by molar-refractivity contribution is 5.96. The molecule has 1 aliphatic carbocycles. The number of nitrogens with two attached hydrogens (primary N) is 2. The van der Waals surface area contributed by atoms with Gasteiger partial charge in [-0.3, -0.25) is 4.79 Å². The quantitative estimate of drug-likeness (QED) is 0.731. The van der Waals surface area contributed by atoms with Gasteiger partial charge < -0.3 is 16.8 Å². The highest BCUT2D eigenvalue weighted by Gasteiger charge is 2.22. The number of nitrogens with one attached hydrogen (secondary N) is 1. The smallest absolute Gasteiger partial charge is 0.251 e. The summed E-state index contributed by atoms with van der Waals surface area (Å²) in [5.74, 6) is 0.672. The molecular formula is C15H23N3O. The maximum absolute atomic E-state index is 12.2. The molecule has 1 aromatic carbocycles. The Bertz CT molecular complexity index is 438. The summed E-state index contributed by atoms with van der Waals surface area (Å²) in [4.78, 5) is 12.2. The molecule has 1 fully saturated rings. The van der Waals surface area contributed by atoms with E-state index in [-0.39, 0.29) is 11.9 Å². The second kappa shape index (κ2) is 5.95. The normalized spacial score (nSPS) is 23.0. The highest BCUT2D eigenvalue weighted by Crippen LogP contribution is 2.26. The average Bonchev–Trinajstić information content (AvgIpc) is 2.37. The highest BCUT2D eigenvalue weighted by atomic mass is 16.1. The molecule has 19 heavy (non-hydrogen) atoms. The lowest BCUT2D eigenvalue weighted by Gasteiger charge is -2.29. The fourth-order valence-electron chi connectivity index (χ4n) is 2.87. The lowest BCUT2D eigenvalue weighted by atomic mass is 9.84. The lowest BCUT2D eigenvalue weighted by molar-refractivity contribution is 0.0919. The van der Waals surface area contributed by atoms with Gasteiger partial charge in [0.1, 0.15) is 0 Å². The molecule has 0 bridgehead atoms. The van der Waals surface area contributed by atoms with Crippen LogP contribution in [0.2, 0.25) is 0 Å². The van der Waals surface area contributed by atoms with Crippen molar-refractivity contribution in [2.45, 2.75) is 45.1 Å². The Hall–Kier alpha value is -1.71. The molecule has 2 rings (SSSR count). The minimum Gasteiger partial charge on any atom is -0.399 e. The van der Waals surface area contributed by atoms with E-state index in [1.807, 2.05) is 0 Å². The molecular weight excluding hydrogens is 238 g/mol. The van der Waals surface area contributed by atoms with Gasteiger partial charge in [0.25, 0.3) is 5.91 Å². The van der Waals surface area contributed by atoms with Crippen molar-refractivity contribution >= 4 is 17.3 Å². The van der Waals surface area contributed by atoms with E-state index in [0.717, 1.165) is 18.8 Å². The van der Waals surface area contributed by atoms with Crippen molar-refractivity contribution in [1.29, 1.82) is 0 Å². The zero-order valence-corrected chi connectivity index (χ0v) is 11.5. The molecule has 5 N–H and O–H groups in total. The van der Waals surface area contributed by atoms with Crippen LogP contribution in [0.1, 0.15) is 49.4 Å². The Labute approximate surface area is 114 Å². The third-order valence-corrected chi connectivity index (χ3v) is 3.94. The summed E-state index contributed by atoms with van der Waals surface area (Å²) in [5.41, 5.74) is 13.0. The first-order valence-electron chi connectivity index (χ1n) is 7.05. The Morgan fingerprint density at radius 1 is 1.26 bits per heavy atom. The number of anilines is 2. The van der Waals surface area contributed by atoms with Gasteiger partial charge in [-0.05, 0) is 37.0 Å². The van der Waals surface area contributed by atoms with E-state index in [1.54, 1.807) is 18.2 Å². The molecule has 0 spiro atoms. The van der Waals surface area contributed by atoms with Gasteiger partial charge in [0, 0.05) is 23.0 Å². The van der Waals surface area contributed by atoms with Gasteiger partial charge in [-0.25, -0.2) is 0 Å². The fraction of sp³-hybridized carbons (Fsp3) is 0.533. The van der Waals surface area contributed by atoms with Gasteiger partial charge >= 0.3 is 0 Å². The summed E-state index contributed by atoms with van der Waals surface area (Å²) in [6.07, 6.45) is 5.83. The van der Waals surface area contributed by atoms with Crippen molar-refractivity contribution in [2.75, 3.05) is 11.5 Å². The molecule has 2 atom stereocenters. The molecule has 1 aromatic rings. The van der Waals surface area contributed by atoms with Crippen LogP contribution in [0.3, 0.4) is 0 Å². The van der Waals surface area contributed by atoms with E-state index in [4.69, 9.17) is 11.5 Å². The summed E-state index contributed by atoms with van der Waals surface area (Å²) >= 11 is 0. The van der Waals surface area contributed by atoms with Crippen molar-refractivity contribution in [3.8, 4) is 0 Å². The largest absolute Gasteiger partial charge is 0.399 e. The molecule has 0 heterocycles. The van der Waals surface area contributed by atoms with Crippen LogP contribution in [0.5, 0.6) is 0 Å². The van der Waals surface area contributed by atoms with E-state index in [9.17, 15) is 4.79 Å². The maximum Gasteiger partial charge on any atom is 0.251 e. The second-order valence-electron chi connectivity index (χ2n) is 5.50. The summed E-state index contributed by atoms with van der Waals surface area (Å²) in [6.45, 7) is 2.22. The van der Waals surface area contributed by atoms with Gasteiger partial charge in [0.15, 0.2) is 0 Å². The zero-order chi connectivity index (χ0) is 13.8. The first-order valence-corrected chi connectivity index (χ1v) is 7.05. The predicted octanol–water partition coefficient (Wildman–Crippen LogP) is 2.55. The molecule has 0 radical (unpaired) electrons. The number of benzene rings is 1. The van der Waals surface area contributed by atoms with Gasteiger partial charge in [-0.1, -0.05) is 26.2 Å². The van der Waals surface area contributed by atoms with Gasteiger partial charge in [0.2, 0.25) is 0 Å². The molecule has 104 valence electrons. The number of hydrogen-bond acceptors (Lipinski definition) is 3. The molecule has 2 unspecified atom stereocenters. The summed E-state index contributed by atoms with van der Waals surface area (Å²) < 4.78 is 0. The van der Waals surface area contributed by atoms with Crippen LogP contribution in [0, 0.1) is 5.92 Å². The van der Waals surface area contributed by atoms with Crippen LogP contribution in [-0.4, -0.2) is 11.9 Å². The lowest BCUT2D eigenvalue weighted by Crippen LogP contribution is -2.38. The molecule has 1 aliphatic rings. The van der Waals surface area contributed by atoms with E-state index in [2.05, 4.69) is 12.2 Å². The molecule has 1 saturated carbocycles. The molecule has 0 aromatic heterocycles. The third-order valence-electron chi connectivity index (χ3n) is 3.94. The van der Waals surface area contributed by atoms with Crippen molar-refractivity contribution < 1.29 is 4.79 Å². The van der Waals surface area contributed by atoms with E-state index < -0.39 is 0 Å². The van der Waals surface area contributed by atoms with Crippen molar-refractivity contribution in [3.63, 3.8) is 0 Å². The Kier molecular flexibility index (Phi) is 4.30. The number of rotatable bonds is 3. The fourth-order valence-corrected chi connectivity index (χ4v) is 2.87. The molecule has 4 heteroatoms. The zero-order valence-electron chi connectivity index (χ0n) is 11.5. The van der Waals surface area contributed by atoms with E-state index in [1.165, 1.54) is 19.3 Å². The minimum atomic E-state index is -0.0687. The van der Waals surface area contributed by atoms with Crippen LogP contribution >= 0.6 is 0 Å². The van der Waals surface area contributed by atoms with Gasteiger partial charge in [-0.2, -0.15) is 0 Å². The average molecular weight is 261 g/mol. The van der Waals surface area contributed by atoms with Crippen molar-refractivity contribution in [3.05, 3.63) is 23.8 Å². The summed E-state index contributed by atoms with van der Waals surface area (Å²) in [5, 5.41) is 3.10. The molecule has 1 amide bonds.